The zero-order valence-electron chi connectivity index (χ0n) is 9.42. The van der Waals surface area contributed by atoms with Crippen molar-refractivity contribution in [3.8, 4) is 0 Å². The summed E-state index contributed by atoms with van der Waals surface area (Å²) in [4.78, 5) is 4.18. The second kappa shape index (κ2) is 4.65. The third kappa shape index (κ3) is 2.60. The maximum atomic E-state index is 5.73. The van der Waals surface area contributed by atoms with E-state index in [1.54, 1.807) is 0 Å². The number of nitrogen functional groups attached to an aromatic ring is 1. The predicted molar refractivity (Wildman–Crippen MR) is 64.3 cm³/mol. The normalized spacial score (nSPS) is 11.7. The van der Waals surface area contributed by atoms with Crippen molar-refractivity contribution in [3.63, 3.8) is 0 Å². The largest absolute Gasteiger partial charge is 0.382 e. The molecule has 0 spiro atoms. The molecule has 17 heavy (non-hydrogen) atoms. The van der Waals surface area contributed by atoms with Gasteiger partial charge in [-0.05, 0) is 22.8 Å². The van der Waals surface area contributed by atoms with E-state index in [1.165, 1.54) is 5.56 Å². The van der Waals surface area contributed by atoms with E-state index in [0.717, 1.165) is 5.56 Å². The second-order valence-corrected chi connectivity index (χ2v) is 3.69. The van der Waals surface area contributed by atoms with Crippen LogP contribution in [0.3, 0.4) is 0 Å². The van der Waals surface area contributed by atoms with Gasteiger partial charge in [0.2, 0.25) is 0 Å². The van der Waals surface area contributed by atoms with E-state index in [0.29, 0.717) is 6.54 Å². The predicted octanol–water partition coefficient (Wildman–Crippen LogP) is 0.866. The average Bonchev–Trinajstić information content (AvgIpc) is 2.74. The average molecular weight is 231 g/mol. The first-order valence-corrected chi connectivity index (χ1v) is 5.10. The highest BCUT2D eigenvalue weighted by atomic mass is 16.6. The van der Waals surface area contributed by atoms with Gasteiger partial charge < -0.3 is 11.5 Å². The molecule has 0 saturated carbocycles. The van der Waals surface area contributed by atoms with Crippen LogP contribution in [-0.2, 0) is 6.54 Å². The fourth-order valence-electron chi connectivity index (χ4n) is 1.32. The Balaban J connectivity index is 2.11. The standard InChI is InChI=1S/C11H13N5O/c1-7-2-4-8(5-3-7)6-14-10(12)9-11(13)16-17-15-9/h2-5H,6H2,1H3,(H2,12,14)(H2,13,16). The van der Waals surface area contributed by atoms with Crippen molar-refractivity contribution in [2.24, 2.45) is 10.7 Å². The summed E-state index contributed by atoms with van der Waals surface area (Å²) in [6.07, 6.45) is 0. The highest BCUT2D eigenvalue weighted by Crippen LogP contribution is 2.07. The summed E-state index contributed by atoms with van der Waals surface area (Å²) in [5.74, 6) is 0.375. The molecular weight excluding hydrogens is 218 g/mol. The van der Waals surface area contributed by atoms with Crippen LogP contribution in [0.1, 0.15) is 16.8 Å². The number of hydrogen-bond donors (Lipinski definition) is 2. The lowest BCUT2D eigenvalue weighted by atomic mass is 10.1. The molecule has 0 atom stereocenters. The first-order valence-electron chi connectivity index (χ1n) is 5.10. The van der Waals surface area contributed by atoms with E-state index in [1.807, 2.05) is 31.2 Å². The van der Waals surface area contributed by atoms with Crippen molar-refractivity contribution in [3.05, 3.63) is 41.1 Å². The van der Waals surface area contributed by atoms with Crippen molar-refractivity contribution < 1.29 is 4.63 Å². The summed E-state index contributed by atoms with van der Waals surface area (Å²) >= 11 is 0. The number of aryl methyl sites for hydroxylation is 1. The molecule has 0 aliphatic carbocycles. The van der Waals surface area contributed by atoms with Crippen molar-refractivity contribution in [1.82, 2.24) is 10.3 Å². The summed E-state index contributed by atoms with van der Waals surface area (Å²) in [6.45, 7) is 2.50. The van der Waals surface area contributed by atoms with Crippen LogP contribution in [0.15, 0.2) is 33.9 Å². The number of rotatable bonds is 3. The molecule has 0 unspecified atom stereocenters. The Morgan fingerprint density at radius 3 is 2.59 bits per heavy atom. The number of nitrogens with two attached hydrogens (primary N) is 2. The quantitative estimate of drug-likeness (QED) is 0.602. The minimum atomic E-state index is 0.148. The smallest absolute Gasteiger partial charge is 0.199 e. The van der Waals surface area contributed by atoms with Gasteiger partial charge in [0.25, 0.3) is 0 Å². The lowest BCUT2D eigenvalue weighted by molar-refractivity contribution is 0.308. The molecule has 6 nitrogen and oxygen atoms in total. The fourth-order valence-corrected chi connectivity index (χ4v) is 1.32. The first-order chi connectivity index (χ1) is 8.16. The minimum Gasteiger partial charge on any atom is -0.382 e. The molecule has 0 bridgehead atoms. The van der Waals surface area contributed by atoms with E-state index in [2.05, 4.69) is 19.9 Å². The van der Waals surface area contributed by atoms with Crippen LogP contribution in [0.4, 0.5) is 5.82 Å². The zero-order valence-corrected chi connectivity index (χ0v) is 9.42. The van der Waals surface area contributed by atoms with Crippen LogP contribution in [-0.4, -0.2) is 16.1 Å². The van der Waals surface area contributed by atoms with E-state index in [-0.39, 0.29) is 17.3 Å². The Kier molecular flexibility index (Phi) is 3.04. The summed E-state index contributed by atoms with van der Waals surface area (Å²) in [7, 11) is 0. The molecular formula is C11H13N5O. The van der Waals surface area contributed by atoms with E-state index < -0.39 is 0 Å². The molecule has 0 amide bonds. The van der Waals surface area contributed by atoms with E-state index >= 15 is 0 Å². The molecule has 2 rings (SSSR count). The maximum absolute atomic E-state index is 5.73. The molecule has 0 radical (unpaired) electrons. The molecule has 1 aromatic carbocycles. The van der Waals surface area contributed by atoms with Gasteiger partial charge in [0.15, 0.2) is 17.3 Å². The Morgan fingerprint density at radius 2 is 2.00 bits per heavy atom. The van der Waals surface area contributed by atoms with Gasteiger partial charge in [0.1, 0.15) is 0 Å². The van der Waals surface area contributed by atoms with Crippen LogP contribution in [0, 0.1) is 6.92 Å². The summed E-state index contributed by atoms with van der Waals surface area (Å²) < 4.78 is 4.45. The summed E-state index contributed by atoms with van der Waals surface area (Å²) in [5.41, 5.74) is 13.8. The third-order valence-electron chi connectivity index (χ3n) is 2.31. The third-order valence-corrected chi connectivity index (χ3v) is 2.31. The molecule has 1 heterocycles. The number of benzene rings is 1. The van der Waals surface area contributed by atoms with Crippen molar-refractivity contribution in [2.45, 2.75) is 13.5 Å². The van der Waals surface area contributed by atoms with Crippen LogP contribution in [0.2, 0.25) is 0 Å². The lowest BCUT2D eigenvalue weighted by Crippen LogP contribution is -2.16. The maximum Gasteiger partial charge on any atom is 0.199 e. The van der Waals surface area contributed by atoms with E-state index in [9.17, 15) is 0 Å². The van der Waals surface area contributed by atoms with Gasteiger partial charge in [0, 0.05) is 0 Å². The number of nitrogens with zero attached hydrogens (tertiary/aromatic N) is 3. The summed E-state index contributed by atoms with van der Waals surface area (Å²) in [5, 5.41) is 7.01. The molecule has 4 N–H and O–H groups in total. The molecule has 0 saturated heterocycles. The molecule has 0 aliphatic rings. The van der Waals surface area contributed by atoms with Gasteiger partial charge in [-0.1, -0.05) is 29.8 Å². The Hall–Kier alpha value is -2.37. The van der Waals surface area contributed by atoms with Gasteiger partial charge in [-0.15, -0.1) is 0 Å². The van der Waals surface area contributed by atoms with Gasteiger partial charge >= 0.3 is 0 Å². The highest BCUT2D eigenvalue weighted by Gasteiger charge is 2.09. The first kappa shape index (κ1) is 11.1. The molecule has 2 aromatic rings. The van der Waals surface area contributed by atoms with Crippen molar-refractivity contribution >= 4 is 11.7 Å². The molecule has 0 fully saturated rings. The molecule has 88 valence electrons. The van der Waals surface area contributed by atoms with Crippen LogP contribution in [0.25, 0.3) is 0 Å². The second-order valence-electron chi connectivity index (χ2n) is 3.69. The number of anilines is 1. The Bertz CT molecular complexity index is 529. The van der Waals surface area contributed by atoms with Crippen LogP contribution in [0.5, 0.6) is 0 Å². The number of amidine groups is 1. The zero-order chi connectivity index (χ0) is 12.3. The van der Waals surface area contributed by atoms with Crippen LogP contribution >= 0.6 is 0 Å². The SMILES string of the molecule is Cc1ccc(CN=C(N)c2nonc2N)cc1. The Morgan fingerprint density at radius 1 is 1.29 bits per heavy atom. The molecule has 0 aliphatic heterocycles. The fraction of sp³-hybridized carbons (Fsp3) is 0.182. The van der Waals surface area contributed by atoms with Gasteiger partial charge in [0.05, 0.1) is 6.54 Å². The number of aliphatic imine (C=N–C) groups is 1. The lowest BCUT2D eigenvalue weighted by Gasteiger charge is -1.99. The minimum absolute atomic E-state index is 0.148. The Labute approximate surface area is 98.3 Å². The van der Waals surface area contributed by atoms with Gasteiger partial charge in [-0.25, -0.2) is 4.63 Å². The molecule has 6 heteroatoms. The van der Waals surface area contributed by atoms with Crippen molar-refractivity contribution in [2.75, 3.05) is 5.73 Å². The van der Waals surface area contributed by atoms with Crippen LogP contribution < -0.4 is 11.5 Å². The molecule has 1 aromatic heterocycles. The van der Waals surface area contributed by atoms with Gasteiger partial charge in [-0.3, -0.25) is 4.99 Å². The van der Waals surface area contributed by atoms with Gasteiger partial charge in [-0.2, -0.15) is 0 Å². The van der Waals surface area contributed by atoms with E-state index in [4.69, 9.17) is 11.5 Å². The topological polar surface area (TPSA) is 103 Å². The monoisotopic (exact) mass is 231 g/mol. The summed E-state index contributed by atoms with van der Waals surface area (Å²) in [6, 6.07) is 8.03. The number of aromatic nitrogens is 2. The number of hydrogen-bond acceptors (Lipinski definition) is 5. The van der Waals surface area contributed by atoms with Crippen molar-refractivity contribution in [1.29, 1.82) is 0 Å². The highest BCUT2D eigenvalue weighted by molar-refractivity contribution is 5.99.